The summed E-state index contributed by atoms with van der Waals surface area (Å²) >= 11 is 4.59. The highest BCUT2D eigenvalue weighted by Crippen LogP contribution is 2.35. The highest BCUT2D eigenvalue weighted by molar-refractivity contribution is 9.10. The summed E-state index contributed by atoms with van der Waals surface area (Å²) < 4.78 is 0.702. The second-order valence-corrected chi connectivity index (χ2v) is 5.57. The van der Waals surface area contributed by atoms with E-state index in [1.54, 1.807) is 36.4 Å². The van der Waals surface area contributed by atoms with Gasteiger partial charge < -0.3 is 5.11 Å². The normalized spacial score (nSPS) is 9.89. The fraction of sp³-hybridized carbons (Fsp3) is 0. The number of nitrogens with zero attached hydrogens (tertiary/aromatic N) is 1. The third-order valence-electron chi connectivity index (χ3n) is 2.42. The molecule has 0 unspecified atom stereocenters. The number of hydrogen-bond acceptors (Lipinski definition) is 3. The topological polar surface area (TPSA) is 61.1 Å². The SMILES string of the molecule is N#Cc1c(Br)cccc1Sc1ccccc1C(=O)O. The van der Waals surface area contributed by atoms with Crippen LogP contribution < -0.4 is 0 Å². The summed E-state index contributed by atoms with van der Waals surface area (Å²) in [5.41, 5.74) is 0.740. The van der Waals surface area contributed by atoms with E-state index in [2.05, 4.69) is 22.0 Å². The van der Waals surface area contributed by atoms with Gasteiger partial charge in [-0.05, 0) is 40.2 Å². The van der Waals surface area contributed by atoms with Crippen LogP contribution >= 0.6 is 27.7 Å². The van der Waals surface area contributed by atoms with Crippen LogP contribution in [-0.2, 0) is 0 Å². The number of carbonyl (C=O) groups is 1. The molecule has 0 bridgehead atoms. The second-order valence-electron chi connectivity index (χ2n) is 3.63. The zero-order valence-corrected chi connectivity index (χ0v) is 12.0. The largest absolute Gasteiger partial charge is 0.478 e. The molecule has 94 valence electrons. The van der Waals surface area contributed by atoms with Gasteiger partial charge in [-0.25, -0.2) is 4.79 Å². The van der Waals surface area contributed by atoms with Gasteiger partial charge in [0.05, 0.1) is 11.1 Å². The third-order valence-corrected chi connectivity index (χ3v) is 4.22. The molecule has 0 saturated carbocycles. The predicted molar refractivity (Wildman–Crippen MR) is 76.4 cm³/mol. The average molecular weight is 334 g/mol. The van der Waals surface area contributed by atoms with Crippen LogP contribution in [0.25, 0.3) is 0 Å². The Balaban J connectivity index is 2.46. The molecule has 0 amide bonds. The molecule has 0 aromatic heterocycles. The first-order valence-corrected chi connectivity index (χ1v) is 6.93. The maximum atomic E-state index is 11.1. The average Bonchev–Trinajstić information content (AvgIpc) is 2.39. The Morgan fingerprint density at radius 3 is 2.53 bits per heavy atom. The van der Waals surface area contributed by atoms with Crippen molar-refractivity contribution < 1.29 is 9.90 Å². The molecule has 0 spiro atoms. The fourth-order valence-corrected chi connectivity index (χ4v) is 3.19. The molecule has 0 fully saturated rings. The summed E-state index contributed by atoms with van der Waals surface area (Å²) in [6, 6.07) is 14.3. The molecular weight excluding hydrogens is 326 g/mol. The lowest BCUT2D eigenvalue weighted by molar-refractivity contribution is 0.0693. The Kier molecular flexibility index (Phi) is 4.25. The first kappa shape index (κ1) is 13.7. The minimum absolute atomic E-state index is 0.233. The number of nitriles is 1. The first-order chi connectivity index (χ1) is 9.13. The summed E-state index contributed by atoms with van der Waals surface area (Å²) in [5.74, 6) is -0.975. The Labute approximate surface area is 123 Å². The van der Waals surface area contributed by atoms with Gasteiger partial charge >= 0.3 is 5.97 Å². The molecule has 0 aliphatic heterocycles. The van der Waals surface area contributed by atoms with Gasteiger partial charge in [0.1, 0.15) is 6.07 Å². The molecule has 0 saturated heterocycles. The minimum atomic E-state index is -0.975. The van der Waals surface area contributed by atoms with E-state index < -0.39 is 5.97 Å². The van der Waals surface area contributed by atoms with E-state index in [9.17, 15) is 4.79 Å². The summed E-state index contributed by atoms with van der Waals surface area (Å²) in [6.07, 6.45) is 0. The number of benzene rings is 2. The standard InChI is InChI=1S/C14H8BrNO2S/c15-11-5-3-7-13(10(11)8-16)19-12-6-2-1-4-9(12)14(17)18/h1-7H,(H,17,18). The van der Waals surface area contributed by atoms with Crippen LogP contribution in [0.15, 0.2) is 56.7 Å². The van der Waals surface area contributed by atoms with Crippen LogP contribution in [0.1, 0.15) is 15.9 Å². The molecule has 5 heteroatoms. The number of carboxylic acids is 1. The van der Waals surface area contributed by atoms with E-state index in [1.807, 2.05) is 6.07 Å². The van der Waals surface area contributed by atoms with Gasteiger partial charge in [0.25, 0.3) is 0 Å². The van der Waals surface area contributed by atoms with Crippen LogP contribution in [0.3, 0.4) is 0 Å². The molecule has 2 rings (SSSR count). The van der Waals surface area contributed by atoms with Gasteiger partial charge in [0.15, 0.2) is 0 Å². The predicted octanol–water partition coefficient (Wildman–Crippen LogP) is 4.17. The fourth-order valence-electron chi connectivity index (χ4n) is 1.55. The van der Waals surface area contributed by atoms with Crippen molar-refractivity contribution >= 4 is 33.7 Å². The number of rotatable bonds is 3. The quantitative estimate of drug-likeness (QED) is 0.915. The highest BCUT2D eigenvalue weighted by atomic mass is 79.9. The van der Waals surface area contributed by atoms with Gasteiger partial charge in [-0.3, -0.25) is 0 Å². The first-order valence-electron chi connectivity index (χ1n) is 5.32. The van der Waals surface area contributed by atoms with Crippen LogP contribution in [0.4, 0.5) is 0 Å². The van der Waals surface area contributed by atoms with Gasteiger partial charge in [0.2, 0.25) is 0 Å². The van der Waals surface area contributed by atoms with Crippen molar-refractivity contribution in [1.82, 2.24) is 0 Å². The second kappa shape index (κ2) is 5.91. The van der Waals surface area contributed by atoms with Gasteiger partial charge in [-0.2, -0.15) is 5.26 Å². The molecule has 3 nitrogen and oxygen atoms in total. The van der Waals surface area contributed by atoms with Crippen molar-refractivity contribution in [2.45, 2.75) is 9.79 Å². The number of halogens is 1. The van der Waals surface area contributed by atoms with Crippen LogP contribution in [0, 0.1) is 11.3 Å². The number of carboxylic acid groups (broad SMARTS) is 1. The van der Waals surface area contributed by atoms with Crippen LogP contribution in [0.2, 0.25) is 0 Å². The molecule has 2 aromatic rings. The maximum absolute atomic E-state index is 11.1. The lowest BCUT2D eigenvalue weighted by atomic mass is 10.2. The highest BCUT2D eigenvalue weighted by Gasteiger charge is 2.13. The Morgan fingerprint density at radius 1 is 1.16 bits per heavy atom. The summed E-state index contributed by atoms with van der Waals surface area (Å²) in [6.45, 7) is 0. The summed E-state index contributed by atoms with van der Waals surface area (Å²) in [7, 11) is 0. The smallest absolute Gasteiger partial charge is 0.336 e. The van der Waals surface area contributed by atoms with E-state index in [1.165, 1.54) is 11.8 Å². The van der Waals surface area contributed by atoms with E-state index in [4.69, 9.17) is 10.4 Å². The van der Waals surface area contributed by atoms with Crippen molar-refractivity contribution in [2.75, 3.05) is 0 Å². The van der Waals surface area contributed by atoms with Crippen molar-refractivity contribution in [1.29, 1.82) is 5.26 Å². The van der Waals surface area contributed by atoms with Crippen molar-refractivity contribution in [3.63, 3.8) is 0 Å². The molecule has 0 atom stereocenters. The number of aromatic carboxylic acids is 1. The molecule has 0 aliphatic carbocycles. The minimum Gasteiger partial charge on any atom is -0.478 e. The Bertz CT molecular complexity index is 679. The molecule has 0 radical (unpaired) electrons. The van der Waals surface area contributed by atoms with E-state index in [0.717, 1.165) is 4.90 Å². The Morgan fingerprint density at radius 2 is 1.84 bits per heavy atom. The zero-order chi connectivity index (χ0) is 13.8. The summed E-state index contributed by atoms with van der Waals surface area (Å²) in [5, 5.41) is 18.3. The molecule has 0 aliphatic rings. The van der Waals surface area contributed by atoms with E-state index in [0.29, 0.717) is 14.9 Å². The lowest BCUT2D eigenvalue weighted by Crippen LogP contribution is -1.98. The van der Waals surface area contributed by atoms with E-state index >= 15 is 0 Å². The molecule has 2 aromatic carbocycles. The maximum Gasteiger partial charge on any atom is 0.336 e. The van der Waals surface area contributed by atoms with Crippen LogP contribution in [-0.4, -0.2) is 11.1 Å². The Hall–Kier alpha value is -1.77. The third kappa shape index (κ3) is 2.98. The van der Waals surface area contributed by atoms with Crippen molar-refractivity contribution in [3.05, 3.63) is 58.1 Å². The molecule has 19 heavy (non-hydrogen) atoms. The summed E-state index contributed by atoms with van der Waals surface area (Å²) in [4.78, 5) is 12.5. The van der Waals surface area contributed by atoms with Crippen molar-refractivity contribution in [3.8, 4) is 6.07 Å². The molecular formula is C14H8BrNO2S. The van der Waals surface area contributed by atoms with Gasteiger partial charge in [0, 0.05) is 14.3 Å². The van der Waals surface area contributed by atoms with Crippen LogP contribution in [0.5, 0.6) is 0 Å². The van der Waals surface area contributed by atoms with Crippen molar-refractivity contribution in [2.24, 2.45) is 0 Å². The monoisotopic (exact) mass is 333 g/mol. The lowest BCUT2D eigenvalue weighted by Gasteiger charge is -2.07. The van der Waals surface area contributed by atoms with Gasteiger partial charge in [-0.15, -0.1) is 0 Å². The zero-order valence-electron chi connectivity index (χ0n) is 9.63. The van der Waals surface area contributed by atoms with E-state index in [-0.39, 0.29) is 5.56 Å². The van der Waals surface area contributed by atoms with Gasteiger partial charge in [-0.1, -0.05) is 30.0 Å². The number of hydrogen-bond donors (Lipinski definition) is 1. The molecule has 1 N–H and O–H groups in total. The molecule has 0 heterocycles.